The molecule has 0 aliphatic carbocycles. The van der Waals surface area contributed by atoms with Crippen LogP contribution in [-0.4, -0.2) is 37.3 Å². The number of aromatic nitrogens is 5. The van der Waals surface area contributed by atoms with Crippen molar-refractivity contribution in [3.8, 4) is 22.6 Å². The fourth-order valence-corrected chi connectivity index (χ4v) is 4.63. The molecule has 0 spiro atoms. The normalized spacial score (nSPS) is 11.3. The number of ether oxygens (including phenoxy) is 2. The number of amides is 1. The van der Waals surface area contributed by atoms with Gasteiger partial charge < -0.3 is 14.8 Å². The molecule has 5 rings (SSSR count). The molecule has 2 N–H and O–H groups in total. The monoisotopic (exact) mass is 640 g/mol. The van der Waals surface area contributed by atoms with Gasteiger partial charge in [-0.15, -0.1) is 12.4 Å². The summed E-state index contributed by atoms with van der Waals surface area (Å²) >= 11 is 6.09. The highest BCUT2D eigenvalue weighted by Crippen LogP contribution is 2.41. The molecule has 2 heterocycles. The van der Waals surface area contributed by atoms with Crippen LogP contribution in [0.4, 0.5) is 23.2 Å². The number of aryl methyl sites for hydroxylation is 1. The summed E-state index contributed by atoms with van der Waals surface area (Å²) in [5, 5.41) is 9.02. The van der Waals surface area contributed by atoms with Crippen LogP contribution in [0.1, 0.15) is 11.4 Å². The number of anilines is 1. The third-order valence-corrected chi connectivity index (χ3v) is 6.70. The average Bonchev–Trinajstić information content (AvgIpc) is 3.55. The number of imidazole rings is 1. The Morgan fingerprint density at radius 2 is 1.91 bits per heavy atom. The quantitative estimate of drug-likeness (QED) is 0.214. The number of carbonyl (C=O) groups is 1. The predicted molar refractivity (Wildman–Crippen MR) is 152 cm³/mol. The Hall–Kier alpha value is -4.56. The van der Waals surface area contributed by atoms with Crippen molar-refractivity contribution in [3.63, 3.8) is 0 Å². The van der Waals surface area contributed by atoms with Crippen LogP contribution < -0.4 is 20.5 Å². The van der Waals surface area contributed by atoms with Crippen molar-refractivity contribution in [2.45, 2.75) is 19.3 Å². The van der Waals surface area contributed by atoms with Crippen molar-refractivity contribution < 1.29 is 31.8 Å². The molecule has 43 heavy (non-hydrogen) atoms. The molecule has 10 nitrogen and oxygen atoms in total. The molecule has 2 aromatic heterocycles. The minimum Gasteiger partial charge on any atom is -0.493 e. The molecule has 0 fully saturated rings. The highest BCUT2D eigenvalue weighted by atomic mass is 35.5. The van der Waals surface area contributed by atoms with Crippen molar-refractivity contribution in [3.05, 3.63) is 87.6 Å². The number of halogens is 6. The van der Waals surface area contributed by atoms with Crippen molar-refractivity contribution in [1.29, 1.82) is 0 Å². The molecule has 0 aliphatic heterocycles. The van der Waals surface area contributed by atoms with E-state index in [2.05, 4.69) is 20.5 Å². The van der Waals surface area contributed by atoms with Gasteiger partial charge in [0.1, 0.15) is 19.5 Å². The van der Waals surface area contributed by atoms with Crippen molar-refractivity contribution in [2.75, 3.05) is 12.4 Å². The molecule has 0 unspecified atom stereocenters. The maximum atomic E-state index is 15.3. The largest absolute Gasteiger partial charge is 0.493 e. The maximum absolute atomic E-state index is 15.3. The van der Waals surface area contributed by atoms with Crippen LogP contribution in [-0.2, 0) is 31.2 Å². The van der Waals surface area contributed by atoms with E-state index in [1.807, 2.05) is 0 Å². The number of benzene rings is 3. The van der Waals surface area contributed by atoms with Gasteiger partial charge in [0.05, 0.1) is 34.4 Å². The number of nitrogens with zero attached hydrogens (tertiary/aromatic N) is 4. The lowest BCUT2D eigenvalue weighted by Gasteiger charge is -2.15. The first-order valence-corrected chi connectivity index (χ1v) is 12.6. The second kappa shape index (κ2) is 12.4. The first kappa shape index (κ1) is 31.4. The molecule has 5 aromatic rings. The second-order valence-electron chi connectivity index (χ2n) is 9.06. The molecule has 0 radical (unpaired) electrons. The van der Waals surface area contributed by atoms with Gasteiger partial charge in [0.15, 0.2) is 23.1 Å². The topological polar surface area (TPSA) is 116 Å². The Labute approximate surface area is 251 Å². The van der Waals surface area contributed by atoms with E-state index in [4.69, 9.17) is 21.1 Å². The fourth-order valence-electron chi connectivity index (χ4n) is 4.45. The van der Waals surface area contributed by atoms with Crippen LogP contribution in [0, 0.1) is 5.82 Å². The van der Waals surface area contributed by atoms with Crippen LogP contribution in [0.2, 0.25) is 5.02 Å². The van der Waals surface area contributed by atoms with Crippen LogP contribution in [0.5, 0.6) is 11.5 Å². The molecule has 0 aliphatic rings. The molecular weight excluding hydrogens is 619 g/mol. The third kappa shape index (κ3) is 6.29. The molecule has 0 bridgehead atoms. The lowest BCUT2D eigenvalue weighted by Crippen LogP contribution is -2.28. The fraction of sp³-hybridized carbons (Fsp3) is 0.185. The van der Waals surface area contributed by atoms with E-state index < -0.39 is 35.7 Å². The van der Waals surface area contributed by atoms with Crippen LogP contribution in [0.3, 0.4) is 0 Å². The van der Waals surface area contributed by atoms with E-state index in [1.165, 1.54) is 32.6 Å². The number of rotatable bonds is 8. The van der Waals surface area contributed by atoms with Gasteiger partial charge >= 0.3 is 11.9 Å². The molecule has 3 aromatic carbocycles. The van der Waals surface area contributed by atoms with Gasteiger partial charge in [0, 0.05) is 12.6 Å². The summed E-state index contributed by atoms with van der Waals surface area (Å²) < 4.78 is 70.2. The number of hydrogen-bond donors (Lipinski definition) is 2. The minimum absolute atomic E-state index is 0. The van der Waals surface area contributed by atoms with Gasteiger partial charge in [0.25, 0.3) is 0 Å². The number of fused-ring (bicyclic) bond motifs is 1. The molecule has 0 saturated carbocycles. The molecule has 0 saturated heterocycles. The zero-order chi connectivity index (χ0) is 30.2. The lowest BCUT2D eigenvalue weighted by atomic mass is 9.99. The van der Waals surface area contributed by atoms with E-state index in [1.54, 1.807) is 18.2 Å². The Balaban J connectivity index is 0.00000423. The third-order valence-electron chi connectivity index (χ3n) is 6.37. The Morgan fingerprint density at radius 3 is 2.56 bits per heavy atom. The zero-order valence-corrected chi connectivity index (χ0v) is 23.9. The number of hydrogen-bond acceptors (Lipinski definition) is 6. The average molecular weight is 641 g/mol. The van der Waals surface area contributed by atoms with E-state index in [-0.39, 0.29) is 63.4 Å². The van der Waals surface area contributed by atoms with Crippen molar-refractivity contribution in [2.24, 2.45) is 7.05 Å². The summed E-state index contributed by atoms with van der Waals surface area (Å²) in [6.07, 6.45) is -3.59. The standard InChI is InChI=1S/C27H21ClF4N6O4.ClH/c1-37-24-16(14-7-18(29)25(21(8-14)41-2)42-12-22-33-13-34-36-22)9-15(27(30,31)32)10-20(24)38(26(37)40)11-23(39)35-19-6-4-3-5-17(19)28;/h3-10,13H,11-12H2,1-2H3,(H,35,39)(H,33,34,36);1H. The Kier molecular flexibility index (Phi) is 9.01. The predicted octanol–water partition coefficient (Wildman–Crippen LogP) is 5.58. The molecular formula is C27H22Cl2F4N6O4. The summed E-state index contributed by atoms with van der Waals surface area (Å²) in [5.74, 6) is -1.74. The SMILES string of the molecule is COc1cc(-c2cc(C(F)(F)F)cc3c2n(C)c(=O)n3CC(=O)Nc2ccccc2Cl)cc(F)c1OCc1ncn[nH]1.Cl. The van der Waals surface area contributed by atoms with Gasteiger partial charge in [-0.2, -0.15) is 18.3 Å². The summed E-state index contributed by atoms with van der Waals surface area (Å²) in [6.45, 7) is -0.803. The Morgan fingerprint density at radius 1 is 1.16 bits per heavy atom. The van der Waals surface area contributed by atoms with Crippen molar-refractivity contribution in [1.82, 2.24) is 24.3 Å². The molecule has 0 atom stereocenters. The number of methoxy groups -OCH3 is 1. The molecule has 1 amide bonds. The van der Waals surface area contributed by atoms with Gasteiger partial charge in [-0.3, -0.25) is 19.0 Å². The van der Waals surface area contributed by atoms with Gasteiger partial charge in [-0.25, -0.2) is 14.2 Å². The number of nitrogens with one attached hydrogen (secondary N) is 2. The molecule has 226 valence electrons. The summed E-state index contributed by atoms with van der Waals surface area (Å²) in [7, 11) is 2.58. The first-order valence-electron chi connectivity index (χ1n) is 12.2. The maximum Gasteiger partial charge on any atom is 0.416 e. The number of para-hydroxylation sites is 1. The van der Waals surface area contributed by atoms with Gasteiger partial charge in [0.2, 0.25) is 5.91 Å². The zero-order valence-electron chi connectivity index (χ0n) is 22.3. The first-order chi connectivity index (χ1) is 20.0. The number of H-pyrrole nitrogens is 1. The van der Waals surface area contributed by atoms with Crippen LogP contribution in [0.15, 0.2) is 59.7 Å². The number of alkyl halides is 3. The van der Waals surface area contributed by atoms with Crippen LogP contribution >= 0.6 is 24.0 Å². The van der Waals surface area contributed by atoms with Gasteiger partial charge in [-0.1, -0.05) is 23.7 Å². The van der Waals surface area contributed by atoms with Crippen molar-refractivity contribution >= 4 is 46.6 Å². The van der Waals surface area contributed by atoms with E-state index in [0.29, 0.717) is 5.82 Å². The second-order valence-corrected chi connectivity index (χ2v) is 9.46. The van der Waals surface area contributed by atoms with E-state index >= 15 is 4.39 Å². The van der Waals surface area contributed by atoms with E-state index in [0.717, 1.165) is 27.3 Å². The van der Waals surface area contributed by atoms with E-state index in [9.17, 15) is 22.8 Å². The van der Waals surface area contributed by atoms with Gasteiger partial charge in [-0.05, 0) is 42.0 Å². The smallest absolute Gasteiger partial charge is 0.416 e. The highest BCUT2D eigenvalue weighted by Gasteiger charge is 2.33. The summed E-state index contributed by atoms with van der Waals surface area (Å²) in [6, 6.07) is 10.2. The molecule has 16 heteroatoms. The number of aromatic amines is 1. The highest BCUT2D eigenvalue weighted by molar-refractivity contribution is 6.33. The minimum atomic E-state index is -4.83. The summed E-state index contributed by atoms with van der Waals surface area (Å²) in [5.41, 5.74) is -1.91. The summed E-state index contributed by atoms with van der Waals surface area (Å²) in [4.78, 5) is 30.0. The number of carbonyl (C=O) groups excluding carboxylic acids is 1. The lowest BCUT2D eigenvalue weighted by molar-refractivity contribution is -0.137. The Bertz CT molecular complexity index is 1860. The van der Waals surface area contributed by atoms with Crippen LogP contribution in [0.25, 0.3) is 22.2 Å².